The number of thiophene rings is 1. The summed E-state index contributed by atoms with van der Waals surface area (Å²) in [6, 6.07) is 8.31. The number of rotatable bonds is 4. The Balaban J connectivity index is 0.00000192. The van der Waals surface area contributed by atoms with Crippen LogP contribution >= 0.6 is 35.3 Å². The largest absolute Gasteiger partial charge is 0.352 e. The zero-order chi connectivity index (χ0) is 15.4. The Morgan fingerprint density at radius 3 is 2.87 bits per heavy atom. The van der Waals surface area contributed by atoms with Crippen LogP contribution in [0.4, 0.5) is 0 Å². The summed E-state index contributed by atoms with van der Waals surface area (Å²) in [5.41, 5.74) is 3.18. The van der Waals surface area contributed by atoms with Crippen LogP contribution in [0.1, 0.15) is 16.1 Å². The van der Waals surface area contributed by atoms with Crippen LogP contribution in [0.15, 0.2) is 47.0 Å². The van der Waals surface area contributed by atoms with Crippen molar-refractivity contribution in [1.82, 2.24) is 20.0 Å². The third-order valence-electron chi connectivity index (χ3n) is 3.34. The number of nitrogens with one attached hydrogen (secondary N) is 2. The summed E-state index contributed by atoms with van der Waals surface area (Å²) in [6.45, 7) is 3.50. The van der Waals surface area contributed by atoms with Crippen molar-refractivity contribution in [3.63, 3.8) is 0 Å². The molecular formula is C16H20IN5S. The van der Waals surface area contributed by atoms with E-state index >= 15 is 0 Å². The van der Waals surface area contributed by atoms with Gasteiger partial charge < -0.3 is 15.0 Å². The van der Waals surface area contributed by atoms with Gasteiger partial charge in [-0.1, -0.05) is 6.07 Å². The number of nitrogens with zero attached hydrogens (tertiary/aromatic N) is 3. The number of aliphatic imine (C=N–C) groups is 1. The van der Waals surface area contributed by atoms with E-state index < -0.39 is 0 Å². The lowest BCUT2D eigenvalue weighted by Crippen LogP contribution is -2.36. The molecule has 3 rings (SSSR count). The van der Waals surface area contributed by atoms with Gasteiger partial charge in [0.25, 0.3) is 0 Å². The highest BCUT2D eigenvalue weighted by atomic mass is 127. The van der Waals surface area contributed by atoms with Gasteiger partial charge in [-0.3, -0.25) is 4.99 Å². The first-order valence-electron chi connectivity index (χ1n) is 7.16. The summed E-state index contributed by atoms with van der Waals surface area (Å²) in [6.07, 6.45) is 4.07. The predicted molar refractivity (Wildman–Crippen MR) is 107 cm³/mol. The minimum absolute atomic E-state index is 0. The van der Waals surface area contributed by atoms with Gasteiger partial charge >= 0.3 is 0 Å². The molecule has 0 fully saturated rings. The zero-order valence-corrected chi connectivity index (χ0v) is 16.3. The highest BCUT2D eigenvalue weighted by Gasteiger charge is 2.04. The highest BCUT2D eigenvalue weighted by molar-refractivity contribution is 14.0. The smallest absolute Gasteiger partial charge is 0.191 e. The van der Waals surface area contributed by atoms with Crippen LogP contribution in [0.5, 0.6) is 0 Å². The summed E-state index contributed by atoms with van der Waals surface area (Å²) in [7, 11) is 1.77. The van der Waals surface area contributed by atoms with Crippen molar-refractivity contribution < 1.29 is 0 Å². The molecule has 0 radical (unpaired) electrons. The van der Waals surface area contributed by atoms with E-state index in [1.807, 2.05) is 16.8 Å². The van der Waals surface area contributed by atoms with Crippen molar-refractivity contribution in [2.75, 3.05) is 7.05 Å². The third-order valence-corrected chi connectivity index (χ3v) is 4.21. The van der Waals surface area contributed by atoms with E-state index in [0.29, 0.717) is 6.54 Å². The van der Waals surface area contributed by atoms with Crippen LogP contribution in [0, 0.1) is 6.92 Å². The van der Waals surface area contributed by atoms with Gasteiger partial charge in [0.15, 0.2) is 5.96 Å². The van der Waals surface area contributed by atoms with Crippen LogP contribution in [-0.2, 0) is 13.1 Å². The normalized spacial score (nSPS) is 11.3. The number of hydrogen-bond acceptors (Lipinski definition) is 3. The number of pyridine rings is 1. The van der Waals surface area contributed by atoms with Gasteiger partial charge in [-0.15, -0.1) is 35.3 Å². The average molecular weight is 441 g/mol. The monoisotopic (exact) mass is 441 g/mol. The summed E-state index contributed by atoms with van der Waals surface area (Å²) in [5, 5.41) is 8.67. The topological polar surface area (TPSA) is 53.7 Å². The molecule has 3 heterocycles. The average Bonchev–Trinajstić information content (AvgIpc) is 3.16. The number of hydrogen-bond donors (Lipinski definition) is 2. The summed E-state index contributed by atoms with van der Waals surface area (Å²) in [5.74, 6) is 0.779. The van der Waals surface area contributed by atoms with Gasteiger partial charge in [-0.2, -0.15) is 0 Å². The lowest BCUT2D eigenvalue weighted by atomic mass is 10.3. The molecule has 0 spiro atoms. The second kappa shape index (κ2) is 8.30. The van der Waals surface area contributed by atoms with E-state index in [-0.39, 0.29) is 24.0 Å². The molecule has 2 N–H and O–H groups in total. The Bertz CT molecular complexity index is 779. The Hall–Kier alpha value is -1.61. The number of aryl methyl sites for hydroxylation is 1. The molecule has 3 aromatic rings. The number of aromatic nitrogens is 2. The van der Waals surface area contributed by atoms with Crippen molar-refractivity contribution in [2.24, 2.45) is 4.99 Å². The number of fused-ring (bicyclic) bond motifs is 1. The van der Waals surface area contributed by atoms with E-state index in [4.69, 9.17) is 0 Å². The molecule has 0 aliphatic heterocycles. The second-order valence-electron chi connectivity index (χ2n) is 5.06. The minimum Gasteiger partial charge on any atom is -0.352 e. The maximum atomic E-state index is 4.61. The van der Waals surface area contributed by atoms with Crippen molar-refractivity contribution in [2.45, 2.75) is 20.0 Å². The number of halogens is 1. The molecule has 5 nitrogen and oxygen atoms in total. The maximum Gasteiger partial charge on any atom is 0.191 e. The lowest BCUT2D eigenvalue weighted by molar-refractivity contribution is 0.804. The first kappa shape index (κ1) is 17.7. The Kier molecular flexibility index (Phi) is 6.40. The van der Waals surface area contributed by atoms with Crippen molar-refractivity contribution in [3.05, 3.63) is 58.2 Å². The molecule has 122 valence electrons. The van der Waals surface area contributed by atoms with Gasteiger partial charge in [0.05, 0.1) is 18.8 Å². The Labute approximate surface area is 156 Å². The van der Waals surface area contributed by atoms with Crippen molar-refractivity contribution >= 4 is 46.9 Å². The molecular weight excluding hydrogens is 421 g/mol. The molecule has 0 aliphatic carbocycles. The van der Waals surface area contributed by atoms with Gasteiger partial charge in [-0.05, 0) is 36.1 Å². The molecule has 7 heteroatoms. The molecule has 23 heavy (non-hydrogen) atoms. The van der Waals surface area contributed by atoms with Crippen molar-refractivity contribution in [3.8, 4) is 0 Å². The highest BCUT2D eigenvalue weighted by Crippen LogP contribution is 2.08. The molecule has 0 saturated heterocycles. The molecule has 0 aromatic carbocycles. The van der Waals surface area contributed by atoms with Gasteiger partial charge in [-0.25, -0.2) is 4.98 Å². The van der Waals surface area contributed by atoms with E-state index in [0.717, 1.165) is 23.8 Å². The van der Waals surface area contributed by atoms with E-state index in [1.54, 1.807) is 18.4 Å². The molecule has 0 saturated carbocycles. The molecule has 0 amide bonds. The van der Waals surface area contributed by atoms with Crippen LogP contribution in [0.3, 0.4) is 0 Å². The zero-order valence-electron chi connectivity index (χ0n) is 13.1. The quantitative estimate of drug-likeness (QED) is 0.372. The first-order chi connectivity index (χ1) is 10.7. The number of imidazole rings is 1. The third kappa shape index (κ3) is 4.68. The number of guanidine groups is 1. The van der Waals surface area contributed by atoms with Crippen LogP contribution in [0.25, 0.3) is 5.65 Å². The van der Waals surface area contributed by atoms with E-state index in [1.165, 1.54) is 10.4 Å². The summed E-state index contributed by atoms with van der Waals surface area (Å²) < 4.78 is 2.03. The van der Waals surface area contributed by atoms with Crippen LogP contribution in [-0.4, -0.2) is 22.4 Å². The van der Waals surface area contributed by atoms with Gasteiger partial charge in [0.1, 0.15) is 5.65 Å². The lowest BCUT2D eigenvalue weighted by Gasteiger charge is -2.09. The van der Waals surface area contributed by atoms with E-state index in [9.17, 15) is 0 Å². The summed E-state index contributed by atoms with van der Waals surface area (Å²) in [4.78, 5) is 10.1. The van der Waals surface area contributed by atoms with Gasteiger partial charge in [0.2, 0.25) is 0 Å². The Morgan fingerprint density at radius 1 is 1.30 bits per heavy atom. The molecule has 0 atom stereocenters. The van der Waals surface area contributed by atoms with E-state index in [2.05, 4.69) is 57.2 Å². The van der Waals surface area contributed by atoms with Crippen LogP contribution in [0.2, 0.25) is 0 Å². The standard InChI is InChI=1S/C16H19N5S.HI/c1-12-5-6-21-11-13(20-15(21)8-12)9-18-16(17-2)19-10-14-4-3-7-22-14;/h3-8,11H,9-10H2,1-2H3,(H2,17,18,19);1H. The predicted octanol–water partition coefficient (Wildman–Crippen LogP) is 3.19. The molecule has 3 aromatic heterocycles. The maximum absolute atomic E-state index is 4.61. The fraction of sp³-hybridized carbons (Fsp3) is 0.250. The fourth-order valence-corrected chi connectivity index (χ4v) is 2.84. The SMILES string of the molecule is CN=C(NCc1cn2ccc(C)cc2n1)NCc1cccs1.I. The fourth-order valence-electron chi connectivity index (χ4n) is 2.20. The molecule has 0 bridgehead atoms. The Morgan fingerprint density at radius 2 is 2.13 bits per heavy atom. The molecule has 0 aliphatic rings. The minimum atomic E-state index is 0. The first-order valence-corrected chi connectivity index (χ1v) is 8.04. The second-order valence-corrected chi connectivity index (χ2v) is 6.09. The van der Waals surface area contributed by atoms with Crippen LogP contribution < -0.4 is 10.6 Å². The summed E-state index contributed by atoms with van der Waals surface area (Å²) >= 11 is 1.73. The van der Waals surface area contributed by atoms with Crippen molar-refractivity contribution in [1.29, 1.82) is 0 Å². The molecule has 0 unspecified atom stereocenters. The van der Waals surface area contributed by atoms with Gasteiger partial charge in [0, 0.05) is 24.3 Å².